The van der Waals surface area contributed by atoms with Gasteiger partial charge in [-0.1, -0.05) is 6.07 Å². The molecule has 0 spiro atoms. The number of hydrogen-bond donors (Lipinski definition) is 1. The fourth-order valence-corrected chi connectivity index (χ4v) is 1.85. The van der Waals surface area contributed by atoms with Gasteiger partial charge in [0, 0.05) is 24.4 Å². The number of amides is 1. The molecule has 0 saturated heterocycles. The lowest BCUT2D eigenvalue weighted by molar-refractivity contribution is -0.122. The summed E-state index contributed by atoms with van der Waals surface area (Å²) in [5.74, 6) is -0.716. The molecule has 0 heterocycles. The Morgan fingerprint density at radius 2 is 2.25 bits per heavy atom. The van der Waals surface area contributed by atoms with Crippen LogP contribution in [0.4, 0.5) is 10.1 Å². The third-order valence-corrected chi connectivity index (χ3v) is 2.71. The van der Waals surface area contributed by atoms with Crippen molar-refractivity contribution in [3.05, 3.63) is 30.1 Å². The molecule has 0 aliphatic heterocycles. The van der Waals surface area contributed by atoms with Gasteiger partial charge in [-0.3, -0.25) is 9.59 Å². The van der Waals surface area contributed by atoms with E-state index in [0.29, 0.717) is 24.9 Å². The van der Waals surface area contributed by atoms with Crippen LogP contribution in [0.25, 0.3) is 0 Å². The van der Waals surface area contributed by atoms with Crippen molar-refractivity contribution in [2.24, 2.45) is 5.92 Å². The van der Waals surface area contributed by atoms with Gasteiger partial charge in [0.1, 0.15) is 11.6 Å². The molecular formula is C12H12FNO2. The van der Waals surface area contributed by atoms with E-state index in [1.807, 2.05) is 0 Å². The number of anilines is 1. The summed E-state index contributed by atoms with van der Waals surface area (Å²) in [5.41, 5.74) is 0.435. The first-order chi connectivity index (χ1) is 7.65. The molecule has 1 saturated carbocycles. The highest BCUT2D eigenvalue weighted by molar-refractivity contribution is 5.97. The van der Waals surface area contributed by atoms with Crippen LogP contribution < -0.4 is 5.32 Å². The average molecular weight is 221 g/mol. The molecule has 1 atom stereocenters. The largest absolute Gasteiger partial charge is 0.326 e. The third-order valence-electron chi connectivity index (χ3n) is 2.71. The normalized spacial score (nSPS) is 19.8. The van der Waals surface area contributed by atoms with E-state index in [4.69, 9.17) is 0 Å². The van der Waals surface area contributed by atoms with Crippen molar-refractivity contribution in [2.75, 3.05) is 5.32 Å². The van der Waals surface area contributed by atoms with Crippen LogP contribution >= 0.6 is 0 Å². The van der Waals surface area contributed by atoms with Crippen LogP contribution in [0, 0.1) is 11.7 Å². The fraction of sp³-hybridized carbons (Fsp3) is 0.333. The number of ketones is 1. The maximum Gasteiger partial charge on any atom is 0.227 e. The standard InChI is InChI=1S/C12H12FNO2/c13-9-2-1-3-10(7-9)14-12(16)8-4-5-11(15)6-8/h1-3,7-8H,4-6H2,(H,14,16)/t8-/m0/s1. The number of carbonyl (C=O) groups excluding carboxylic acids is 2. The monoisotopic (exact) mass is 221 g/mol. The van der Waals surface area contributed by atoms with Gasteiger partial charge in [-0.25, -0.2) is 4.39 Å². The predicted molar refractivity (Wildman–Crippen MR) is 57.4 cm³/mol. The fourth-order valence-electron chi connectivity index (χ4n) is 1.85. The lowest BCUT2D eigenvalue weighted by Gasteiger charge is -2.09. The molecule has 0 unspecified atom stereocenters. The second-order valence-corrected chi connectivity index (χ2v) is 3.98. The lowest BCUT2D eigenvalue weighted by Crippen LogP contribution is -2.20. The van der Waals surface area contributed by atoms with Crippen LogP contribution in [0.1, 0.15) is 19.3 Å². The van der Waals surface area contributed by atoms with E-state index < -0.39 is 0 Å². The van der Waals surface area contributed by atoms with Crippen LogP contribution in [-0.4, -0.2) is 11.7 Å². The van der Waals surface area contributed by atoms with E-state index in [2.05, 4.69) is 5.32 Å². The number of Topliss-reactive ketones (excluding diaryl/α,β-unsaturated/α-hetero) is 1. The minimum Gasteiger partial charge on any atom is -0.326 e. The Morgan fingerprint density at radius 1 is 1.44 bits per heavy atom. The summed E-state index contributed by atoms with van der Waals surface area (Å²) in [6.07, 6.45) is 1.38. The molecular weight excluding hydrogens is 209 g/mol. The van der Waals surface area contributed by atoms with Gasteiger partial charge >= 0.3 is 0 Å². The van der Waals surface area contributed by atoms with Crippen molar-refractivity contribution >= 4 is 17.4 Å². The third kappa shape index (κ3) is 2.45. The summed E-state index contributed by atoms with van der Waals surface area (Å²) in [7, 11) is 0. The van der Waals surface area contributed by atoms with E-state index in [9.17, 15) is 14.0 Å². The zero-order valence-electron chi connectivity index (χ0n) is 8.70. The van der Waals surface area contributed by atoms with Gasteiger partial charge < -0.3 is 5.32 Å². The molecule has 1 aliphatic carbocycles. The van der Waals surface area contributed by atoms with Crippen molar-refractivity contribution in [3.8, 4) is 0 Å². The Bertz CT molecular complexity index is 431. The molecule has 3 nitrogen and oxygen atoms in total. The summed E-state index contributed by atoms with van der Waals surface area (Å²) in [4.78, 5) is 22.7. The lowest BCUT2D eigenvalue weighted by atomic mass is 10.1. The maximum atomic E-state index is 12.9. The zero-order chi connectivity index (χ0) is 11.5. The van der Waals surface area contributed by atoms with E-state index in [0.717, 1.165) is 0 Å². The molecule has 1 aromatic carbocycles. The Balaban J connectivity index is 1.99. The van der Waals surface area contributed by atoms with Crippen molar-refractivity contribution in [1.29, 1.82) is 0 Å². The summed E-state index contributed by atoms with van der Waals surface area (Å²) >= 11 is 0. The van der Waals surface area contributed by atoms with Gasteiger partial charge in [0.2, 0.25) is 5.91 Å². The van der Waals surface area contributed by atoms with Crippen molar-refractivity contribution in [1.82, 2.24) is 0 Å². The number of benzene rings is 1. The number of carbonyl (C=O) groups is 2. The predicted octanol–water partition coefficient (Wildman–Crippen LogP) is 2.13. The second-order valence-electron chi connectivity index (χ2n) is 3.98. The first-order valence-electron chi connectivity index (χ1n) is 5.23. The second kappa shape index (κ2) is 4.43. The molecule has 0 radical (unpaired) electrons. The average Bonchev–Trinajstić information content (AvgIpc) is 2.65. The highest BCUT2D eigenvalue weighted by Crippen LogP contribution is 2.23. The molecule has 1 fully saturated rings. The number of nitrogens with one attached hydrogen (secondary N) is 1. The van der Waals surface area contributed by atoms with Crippen molar-refractivity contribution < 1.29 is 14.0 Å². The van der Waals surface area contributed by atoms with Crippen LogP contribution in [0.15, 0.2) is 24.3 Å². The molecule has 1 N–H and O–H groups in total. The van der Waals surface area contributed by atoms with Gasteiger partial charge in [0.25, 0.3) is 0 Å². The Kier molecular flexibility index (Phi) is 2.99. The summed E-state index contributed by atoms with van der Waals surface area (Å²) < 4.78 is 12.9. The van der Waals surface area contributed by atoms with Gasteiger partial charge in [-0.2, -0.15) is 0 Å². The van der Waals surface area contributed by atoms with Crippen LogP contribution in [0.2, 0.25) is 0 Å². The molecule has 4 heteroatoms. The molecule has 1 aliphatic rings. The number of hydrogen-bond acceptors (Lipinski definition) is 2. The molecule has 0 aromatic heterocycles. The molecule has 1 aromatic rings. The molecule has 2 rings (SSSR count). The quantitative estimate of drug-likeness (QED) is 0.831. The molecule has 1 amide bonds. The van der Waals surface area contributed by atoms with Gasteiger partial charge in [-0.05, 0) is 24.6 Å². The summed E-state index contributed by atoms with van der Waals surface area (Å²) in [5, 5.41) is 2.61. The van der Waals surface area contributed by atoms with Crippen molar-refractivity contribution in [3.63, 3.8) is 0 Å². The Hall–Kier alpha value is -1.71. The van der Waals surface area contributed by atoms with Crippen molar-refractivity contribution in [2.45, 2.75) is 19.3 Å². The minimum atomic E-state index is -0.389. The van der Waals surface area contributed by atoms with Gasteiger partial charge in [0.15, 0.2) is 0 Å². The molecule has 16 heavy (non-hydrogen) atoms. The maximum absolute atomic E-state index is 12.9. The van der Waals surface area contributed by atoms with Crippen LogP contribution in [-0.2, 0) is 9.59 Å². The Morgan fingerprint density at radius 3 is 2.88 bits per heavy atom. The first-order valence-corrected chi connectivity index (χ1v) is 5.23. The summed E-state index contributed by atoms with van der Waals surface area (Å²) in [6.45, 7) is 0. The number of rotatable bonds is 2. The smallest absolute Gasteiger partial charge is 0.227 e. The minimum absolute atomic E-state index is 0.124. The van der Waals surface area contributed by atoms with Crippen LogP contribution in [0.5, 0.6) is 0 Å². The summed E-state index contributed by atoms with van der Waals surface area (Å²) in [6, 6.07) is 5.73. The van der Waals surface area contributed by atoms with Gasteiger partial charge in [-0.15, -0.1) is 0 Å². The van der Waals surface area contributed by atoms with E-state index >= 15 is 0 Å². The Labute approximate surface area is 92.7 Å². The first kappa shape index (κ1) is 10.8. The zero-order valence-corrected chi connectivity index (χ0v) is 8.70. The van der Waals surface area contributed by atoms with E-state index in [1.165, 1.54) is 18.2 Å². The molecule has 0 bridgehead atoms. The van der Waals surface area contributed by atoms with Crippen LogP contribution in [0.3, 0.4) is 0 Å². The molecule has 84 valence electrons. The highest BCUT2D eigenvalue weighted by atomic mass is 19.1. The highest BCUT2D eigenvalue weighted by Gasteiger charge is 2.28. The van der Waals surface area contributed by atoms with E-state index in [1.54, 1.807) is 6.07 Å². The van der Waals surface area contributed by atoms with Gasteiger partial charge in [0.05, 0.1) is 0 Å². The SMILES string of the molecule is O=C1CC[C@H](C(=O)Nc2cccc(F)c2)C1. The van der Waals surface area contributed by atoms with E-state index in [-0.39, 0.29) is 23.4 Å². The topological polar surface area (TPSA) is 46.2 Å². The number of halogens is 1.